The first-order valence-corrected chi connectivity index (χ1v) is 12.7. The summed E-state index contributed by atoms with van der Waals surface area (Å²) in [4.78, 5) is 15.1. The molecule has 180 valence electrons. The van der Waals surface area contributed by atoms with Crippen molar-refractivity contribution in [2.75, 3.05) is 29.4 Å². The van der Waals surface area contributed by atoms with Gasteiger partial charge in [-0.15, -0.1) is 0 Å². The molecule has 0 unspecified atom stereocenters. The van der Waals surface area contributed by atoms with E-state index in [2.05, 4.69) is 4.72 Å². The largest absolute Gasteiger partial charge is 0.493 e. The van der Waals surface area contributed by atoms with Crippen LogP contribution in [0.1, 0.15) is 45.7 Å². The molecule has 1 heterocycles. The van der Waals surface area contributed by atoms with Crippen molar-refractivity contribution in [2.24, 2.45) is 11.3 Å². The maximum atomic E-state index is 13.2. The molecule has 2 aromatic carbocycles. The average Bonchev–Trinajstić information content (AvgIpc) is 2.80. The van der Waals surface area contributed by atoms with Crippen LogP contribution in [-0.2, 0) is 14.8 Å². The second-order valence-electron chi connectivity index (χ2n) is 9.59. The van der Waals surface area contributed by atoms with Crippen molar-refractivity contribution in [3.63, 3.8) is 0 Å². The van der Waals surface area contributed by atoms with E-state index in [0.717, 1.165) is 11.1 Å². The minimum Gasteiger partial charge on any atom is -0.493 e. The minimum absolute atomic E-state index is 0.0484. The standard InChI is InChI=1S/C25H34N2O5S/c1-8-31-23-17(4)11-20(12-18(23)5)33(29,30)26-19-9-10-22-21(13-19)27(14-16(2)3)24(28)25(6,7)15-32-22/h9-13,16,26H,8,14-15H2,1-7H3. The summed E-state index contributed by atoms with van der Waals surface area (Å²) < 4.78 is 40.6. The van der Waals surface area contributed by atoms with Crippen molar-refractivity contribution >= 4 is 27.3 Å². The van der Waals surface area contributed by atoms with Crippen molar-refractivity contribution in [1.82, 2.24) is 0 Å². The van der Waals surface area contributed by atoms with Gasteiger partial charge in [-0.05, 0) is 82.0 Å². The Morgan fingerprint density at radius 2 is 1.79 bits per heavy atom. The zero-order chi connectivity index (χ0) is 24.6. The third-order valence-corrected chi connectivity index (χ3v) is 6.86. The molecule has 0 atom stereocenters. The van der Waals surface area contributed by atoms with Crippen LogP contribution in [0.15, 0.2) is 35.2 Å². The van der Waals surface area contributed by atoms with Crippen LogP contribution >= 0.6 is 0 Å². The fourth-order valence-corrected chi connectivity index (χ4v) is 5.13. The average molecular weight is 475 g/mol. The van der Waals surface area contributed by atoms with Gasteiger partial charge in [0.05, 0.1) is 28.3 Å². The molecule has 3 rings (SSSR count). The lowest BCUT2D eigenvalue weighted by Gasteiger charge is -2.29. The molecular formula is C25H34N2O5S. The molecule has 7 nitrogen and oxygen atoms in total. The van der Waals surface area contributed by atoms with E-state index in [1.165, 1.54) is 0 Å². The molecule has 0 saturated heterocycles. The van der Waals surface area contributed by atoms with Gasteiger partial charge in [-0.2, -0.15) is 0 Å². The molecule has 1 aliphatic heterocycles. The van der Waals surface area contributed by atoms with E-state index in [0.29, 0.717) is 36.0 Å². The first-order chi connectivity index (χ1) is 15.4. The molecule has 0 fully saturated rings. The number of nitrogens with one attached hydrogen (secondary N) is 1. The zero-order valence-corrected chi connectivity index (χ0v) is 21.3. The maximum absolute atomic E-state index is 13.2. The summed E-state index contributed by atoms with van der Waals surface area (Å²) in [6, 6.07) is 8.24. The number of ether oxygens (including phenoxy) is 2. The summed E-state index contributed by atoms with van der Waals surface area (Å²) in [5.74, 6) is 1.44. The number of sulfonamides is 1. The summed E-state index contributed by atoms with van der Waals surface area (Å²) in [6.45, 7) is 14.6. The van der Waals surface area contributed by atoms with E-state index >= 15 is 0 Å². The van der Waals surface area contributed by atoms with E-state index in [1.807, 2.05) is 48.5 Å². The van der Waals surface area contributed by atoms with Crippen LogP contribution in [0.4, 0.5) is 11.4 Å². The van der Waals surface area contributed by atoms with E-state index in [1.54, 1.807) is 35.2 Å². The van der Waals surface area contributed by atoms with Crippen LogP contribution in [0.3, 0.4) is 0 Å². The number of carbonyl (C=O) groups excluding carboxylic acids is 1. The highest BCUT2D eigenvalue weighted by molar-refractivity contribution is 7.92. The topological polar surface area (TPSA) is 84.9 Å². The second kappa shape index (κ2) is 9.25. The van der Waals surface area contributed by atoms with Gasteiger partial charge in [-0.25, -0.2) is 8.42 Å². The van der Waals surface area contributed by atoms with Gasteiger partial charge in [0.15, 0.2) is 0 Å². The van der Waals surface area contributed by atoms with Crippen LogP contribution in [-0.4, -0.2) is 34.1 Å². The summed E-state index contributed by atoms with van der Waals surface area (Å²) in [6.07, 6.45) is 0. The van der Waals surface area contributed by atoms with Crippen molar-refractivity contribution < 1.29 is 22.7 Å². The second-order valence-corrected chi connectivity index (χ2v) is 11.3. The third kappa shape index (κ3) is 5.27. The number of fused-ring (bicyclic) bond motifs is 1. The fourth-order valence-electron chi connectivity index (χ4n) is 3.91. The van der Waals surface area contributed by atoms with E-state index < -0.39 is 15.4 Å². The molecule has 8 heteroatoms. The van der Waals surface area contributed by atoms with Crippen LogP contribution < -0.4 is 19.1 Å². The Labute approximate surface area is 197 Å². The van der Waals surface area contributed by atoms with Crippen LogP contribution in [0.25, 0.3) is 0 Å². The van der Waals surface area contributed by atoms with E-state index in [-0.39, 0.29) is 23.3 Å². The number of nitrogens with zero attached hydrogens (tertiary/aromatic N) is 1. The third-order valence-electron chi connectivity index (χ3n) is 5.50. The van der Waals surface area contributed by atoms with Crippen molar-refractivity contribution in [1.29, 1.82) is 0 Å². The molecule has 1 aliphatic rings. The monoisotopic (exact) mass is 474 g/mol. The van der Waals surface area contributed by atoms with Crippen molar-refractivity contribution in [3.05, 3.63) is 41.5 Å². The Kier molecular flexibility index (Phi) is 6.98. The number of benzene rings is 2. The highest BCUT2D eigenvalue weighted by Gasteiger charge is 2.38. The molecule has 0 radical (unpaired) electrons. The summed E-state index contributed by atoms with van der Waals surface area (Å²) in [5.41, 5.74) is 1.75. The SMILES string of the molecule is CCOc1c(C)cc(S(=O)(=O)Nc2ccc3c(c2)N(CC(C)C)C(=O)C(C)(C)CO3)cc1C. The van der Waals surface area contributed by atoms with Gasteiger partial charge in [-0.3, -0.25) is 9.52 Å². The lowest BCUT2D eigenvalue weighted by molar-refractivity contribution is -0.127. The first kappa shape index (κ1) is 24.9. The zero-order valence-electron chi connectivity index (χ0n) is 20.5. The Hall–Kier alpha value is -2.74. The molecule has 0 spiro atoms. The molecule has 0 saturated carbocycles. The lowest BCUT2D eigenvalue weighted by Crippen LogP contribution is -2.43. The van der Waals surface area contributed by atoms with Crippen LogP contribution in [0.2, 0.25) is 0 Å². The summed E-state index contributed by atoms with van der Waals surface area (Å²) in [5, 5.41) is 0. The smallest absolute Gasteiger partial charge is 0.261 e. The Morgan fingerprint density at radius 1 is 1.15 bits per heavy atom. The van der Waals surface area contributed by atoms with Gasteiger partial charge in [0, 0.05) is 6.54 Å². The number of aryl methyl sites for hydroxylation is 2. The quantitative estimate of drug-likeness (QED) is 0.616. The van der Waals surface area contributed by atoms with Crippen molar-refractivity contribution in [3.8, 4) is 11.5 Å². The summed E-state index contributed by atoms with van der Waals surface area (Å²) in [7, 11) is -3.85. The number of rotatable bonds is 7. The summed E-state index contributed by atoms with van der Waals surface area (Å²) >= 11 is 0. The Balaban J connectivity index is 1.99. The van der Waals surface area contributed by atoms with Gasteiger partial charge in [0.1, 0.15) is 18.1 Å². The molecular weight excluding hydrogens is 440 g/mol. The normalized spacial score (nSPS) is 15.6. The van der Waals surface area contributed by atoms with E-state index in [9.17, 15) is 13.2 Å². The molecule has 2 aromatic rings. The van der Waals surface area contributed by atoms with Gasteiger partial charge < -0.3 is 14.4 Å². The minimum atomic E-state index is -3.85. The Morgan fingerprint density at radius 3 is 2.36 bits per heavy atom. The number of anilines is 2. The highest BCUT2D eigenvalue weighted by atomic mass is 32.2. The lowest BCUT2D eigenvalue weighted by atomic mass is 9.92. The van der Waals surface area contributed by atoms with E-state index in [4.69, 9.17) is 9.47 Å². The fraction of sp³-hybridized carbons (Fsp3) is 0.480. The molecule has 0 aromatic heterocycles. The van der Waals surface area contributed by atoms with Gasteiger partial charge in [0.2, 0.25) is 5.91 Å². The molecule has 0 bridgehead atoms. The highest BCUT2D eigenvalue weighted by Crippen LogP contribution is 2.39. The molecule has 33 heavy (non-hydrogen) atoms. The van der Waals surface area contributed by atoms with Gasteiger partial charge in [0.25, 0.3) is 10.0 Å². The predicted molar refractivity (Wildman–Crippen MR) is 131 cm³/mol. The predicted octanol–water partition coefficient (Wildman–Crippen LogP) is 4.91. The Bertz CT molecular complexity index is 1130. The molecule has 1 N–H and O–H groups in total. The van der Waals surface area contributed by atoms with Gasteiger partial charge >= 0.3 is 0 Å². The molecule has 1 amide bonds. The number of carbonyl (C=O) groups is 1. The number of hydrogen-bond donors (Lipinski definition) is 1. The maximum Gasteiger partial charge on any atom is 0.261 e. The van der Waals surface area contributed by atoms with Gasteiger partial charge in [-0.1, -0.05) is 13.8 Å². The number of amides is 1. The van der Waals surface area contributed by atoms with Crippen LogP contribution in [0, 0.1) is 25.2 Å². The molecule has 0 aliphatic carbocycles. The first-order valence-electron chi connectivity index (χ1n) is 11.2. The van der Waals surface area contributed by atoms with Crippen molar-refractivity contribution in [2.45, 2.75) is 53.4 Å². The van der Waals surface area contributed by atoms with Crippen LogP contribution in [0.5, 0.6) is 11.5 Å². The number of hydrogen-bond acceptors (Lipinski definition) is 5.